The summed E-state index contributed by atoms with van der Waals surface area (Å²) in [5.74, 6) is 0. The van der Waals surface area contributed by atoms with E-state index < -0.39 is 12.2 Å². The largest absolute Gasteiger partial charge is 0.393 e. The summed E-state index contributed by atoms with van der Waals surface area (Å²) in [6.45, 7) is 10.2. The van der Waals surface area contributed by atoms with Crippen LogP contribution in [0, 0.1) is 5.41 Å². The summed E-state index contributed by atoms with van der Waals surface area (Å²) in [5, 5.41) is 19.1. The topological polar surface area (TPSA) is 40.5 Å². The fourth-order valence-electron chi connectivity index (χ4n) is 1.76. The fourth-order valence-corrected chi connectivity index (χ4v) is 1.76. The minimum atomic E-state index is -0.577. The van der Waals surface area contributed by atoms with Crippen LogP contribution < -0.4 is 0 Å². The second-order valence-corrected chi connectivity index (χ2v) is 5.17. The predicted molar refractivity (Wildman–Crippen MR) is 57.9 cm³/mol. The van der Waals surface area contributed by atoms with Crippen LogP contribution in [0.4, 0.5) is 0 Å². The van der Waals surface area contributed by atoms with Gasteiger partial charge in [0.15, 0.2) is 0 Å². The van der Waals surface area contributed by atoms with Gasteiger partial charge in [0.25, 0.3) is 0 Å². The molecular weight excluding hydrogens is 176 g/mol. The zero-order chi connectivity index (χ0) is 10.9. The Balaban J connectivity index is 2.87. The quantitative estimate of drug-likeness (QED) is 0.622. The molecular formula is C12H20O2. The van der Waals surface area contributed by atoms with Crippen molar-refractivity contribution in [3.05, 3.63) is 23.8 Å². The van der Waals surface area contributed by atoms with Crippen LogP contribution in [0.2, 0.25) is 0 Å². The number of rotatable bonds is 0. The Morgan fingerprint density at radius 3 is 2.43 bits per heavy atom. The highest BCUT2D eigenvalue weighted by atomic mass is 16.3. The molecule has 0 aromatic heterocycles. The van der Waals surface area contributed by atoms with E-state index in [-0.39, 0.29) is 5.41 Å². The molecule has 80 valence electrons. The SMILES string of the molecule is C=C1/C(=C\C(C)(C)C)C[C@@H](O)C[C@@H]1O. The van der Waals surface area contributed by atoms with Crippen molar-refractivity contribution in [1.29, 1.82) is 0 Å². The van der Waals surface area contributed by atoms with Gasteiger partial charge in [0, 0.05) is 6.42 Å². The van der Waals surface area contributed by atoms with Gasteiger partial charge in [0.1, 0.15) is 0 Å². The van der Waals surface area contributed by atoms with Gasteiger partial charge in [-0.3, -0.25) is 0 Å². The summed E-state index contributed by atoms with van der Waals surface area (Å²) < 4.78 is 0. The number of hydrogen-bond acceptors (Lipinski definition) is 2. The molecule has 0 aromatic carbocycles. The summed E-state index contributed by atoms with van der Waals surface area (Å²) in [7, 11) is 0. The standard InChI is InChI=1S/C12H20O2/c1-8-9(7-12(2,3)4)5-10(13)6-11(8)14/h7,10-11,13-14H,1,5-6H2,2-4H3/b9-7-/t10-,11+/m1/s1. The number of hydrogen-bond donors (Lipinski definition) is 2. The van der Waals surface area contributed by atoms with Gasteiger partial charge < -0.3 is 10.2 Å². The van der Waals surface area contributed by atoms with E-state index in [4.69, 9.17) is 0 Å². The van der Waals surface area contributed by atoms with E-state index in [2.05, 4.69) is 33.4 Å². The lowest BCUT2D eigenvalue weighted by Gasteiger charge is -2.29. The molecule has 2 N–H and O–H groups in total. The van der Waals surface area contributed by atoms with Gasteiger partial charge in [-0.15, -0.1) is 0 Å². The predicted octanol–water partition coefficient (Wildman–Crippen LogP) is 2.03. The van der Waals surface area contributed by atoms with E-state index >= 15 is 0 Å². The Bertz CT molecular complexity index is 258. The maximum Gasteiger partial charge on any atom is 0.0811 e. The molecule has 0 unspecified atom stereocenters. The van der Waals surface area contributed by atoms with Gasteiger partial charge in [0.05, 0.1) is 12.2 Å². The second kappa shape index (κ2) is 3.87. The third-order valence-electron chi connectivity index (χ3n) is 2.37. The first-order valence-corrected chi connectivity index (χ1v) is 5.06. The van der Waals surface area contributed by atoms with Gasteiger partial charge >= 0.3 is 0 Å². The van der Waals surface area contributed by atoms with E-state index in [1.54, 1.807) is 0 Å². The third kappa shape index (κ3) is 2.96. The van der Waals surface area contributed by atoms with Crippen molar-refractivity contribution in [1.82, 2.24) is 0 Å². The van der Waals surface area contributed by atoms with Gasteiger partial charge in [-0.05, 0) is 23.0 Å². The molecule has 0 heterocycles. The molecule has 0 bridgehead atoms. The summed E-state index contributed by atoms with van der Waals surface area (Å²) in [5.41, 5.74) is 1.84. The van der Waals surface area contributed by atoms with E-state index in [9.17, 15) is 10.2 Å². The molecule has 2 atom stereocenters. The molecule has 1 saturated carbocycles. The van der Waals surface area contributed by atoms with Crippen LogP contribution in [-0.2, 0) is 0 Å². The molecule has 0 radical (unpaired) electrons. The van der Waals surface area contributed by atoms with Gasteiger partial charge in [0.2, 0.25) is 0 Å². The Morgan fingerprint density at radius 1 is 1.36 bits per heavy atom. The summed E-state index contributed by atoms with van der Waals surface area (Å²) >= 11 is 0. The minimum absolute atomic E-state index is 0.0645. The van der Waals surface area contributed by atoms with Crippen molar-refractivity contribution in [3.63, 3.8) is 0 Å². The summed E-state index contributed by atoms with van der Waals surface area (Å²) in [6.07, 6.45) is 2.12. The highest BCUT2D eigenvalue weighted by Crippen LogP contribution is 2.31. The number of allylic oxidation sites excluding steroid dienone is 1. The molecule has 0 aromatic rings. The molecule has 1 aliphatic rings. The lowest BCUT2D eigenvalue weighted by Crippen LogP contribution is -2.27. The highest BCUT2D eigenvalue weighted by Gasteiger charge is 2.26. The van der Waals surface area contributed by atoms with Crippen LogP contribution in [0.5, 0.6) is 0 Å². The molecule has 0 aliphatic heterocycles. The zero-order valence-electron chi connectivity index (χ0n) is 9.25. The third-order valence-corrected chi connectivity index (χ3v) is 2.37. The molecule has 1 rings (SSSR count). The molecule has 2 heteroatoms. The number of aliphatic hydroxyl groups excluding tert-OH is 2. The lowest BCUT2D eigenvalue weighted by atomic mass is 9.82. The molecule has 0 spiro atoms. The van der Waals surface area contributed by atoms with Crippen molar-refractivity contribution in [2.45, 2.75) is 45.8 Å². The Labute approximate surface area is 86.0 Å². The van der Waals surface area contributed by atoms with Crippen LogP contribution in [0.1, 0.15) is 33.6 Å². The molecule has 14 heavy (non-hydrogen) atoms. The van der Waals surface area contributed by atoms with Crippen molar-refractivity contribution in [2.24, 2.45) is 5.41 Å². The maximum absolute atomic E-state index is 9.61. The van der Waals surface area contributed by atoms with Gasteiger partial charge in [-0.1, -0.05) is 33.4 Å². The Morgan fingerprint density at radius 2 is 1.93 bits per heavy atom. The molecule has 2 nitrogen and oxygen atoms in total. The minimum Gasteiger partial charge on any atom is -0.393 e. The highest BCUT2D eigenvalue weighted by molar-refractivity contribution is 5.35. The normalized spacial score (nSPS) is 32.4. The van der Waals surface area contributed by atoms with Crippen molar-refractivity contribution < 1.29 is 10.2 Å². The zero-order valence-corrected chi connectivity index (χ0v) is 9.25. The van der Waals surface area contributed by atoms with Crippen LogP contribution in [0.15, 0.2) is 23.8 Å². The first-order valence-electron chi connectivity index (χ1n) is 5.06. The first-order chi connectivity index (χ1) is 6.29. The smallest absolute Gasteiger partial charge is 0.0811 e. The van der Waals surface area contributed by atoms with Crippen molar-refractivity contribution in [3.8, 4) is 0 Å². The molecule has 0 saturated heterocycles. The maximum atomic E-state index is 9.61. The van der Waals surface area contributed by atoms with Crippen molar-refractivity contribution in [2.75, 3.05) is 0 Å². The second-order valence-electron chi connectivity index (χ2n) is 5.17. The van der Waals surface area contributed by atoms with Gasteiger partial charge in [-0.2, -0.15) is 0 Å². The van der Waals surface area contributed by atoms with E-state index in [0.717, 1.165) is 11.1 Å². The molecule has 1 fully saturated rings. The Kier molecular flexibility index (Phi) is 3.17. The number of aliphatic hydroxyl groups is 2. The average Bonchev–Trinajstić information content (AvgIpc) is 1.96. The summed E-state index contributed by atoms with van der Waals surface area (Å²) in [4.78, 5) is 0. The fraction of sp³-hybridized carbons (Fsp3) is 0.667. The van der Waals surface area contributed by atoms with E-state index in [0.29, 0.717) is 12.8 Å². The lowest BCUT2D eigenvalue weighted by molar-refractivity contribution is 0.0858. The van der Waals surface area contributed by atoms with Crippen molar-refractivity contribution >= 4 is 0 Å². The molecule has 1 aliphatic carbocycles. The Hall–Kier alpha value is -0.600. The molecule has 0 amide bonds. The first kappa shape index (κ1) is 11.5. The van der Waals surface area contributed by atoms with Crippen LogP contribution in [0.3, 0.4) is 0 Å². The summed E-state index contributed by atoms with van der Waals surface area (Å²) in [6, 6.07) is 0. The van der Waals surface area contributed by atoms with E-state index in [1.165, 1.54) is 0 Å². The van der Waals surface area contributed by atoms with Crippen LogP contribution in [-0.4, -0.2) is 22.4 Å². The monoisotopic (exact) mass is 196 g/mol. The van der Waals surface area contributed by atoms with E-state index in [1.807, 2.05) is 0 Å². The average molecular weight is 196 g/mol. The van der Waals surface area contributed by atoms with Crippen LogP contribution >= 0.6 is 0 Å². The van der Waals surface area contributed by atoms with Crippen LogP contribution in [0.25, 0.3) is 0 Å². The van der Waals surface area contributed by atoms with Gasteiger partial charge in [-0.25, -0.2) is 0 Å².